The second kappa shape index (κ2) is 3.22. The smallest absolute Gasteiger partial charge is 0.319 e. The Balaban J connectivity index is 2.93. The molecule has 0 bridgehead atoms. The minimum Gasteiger partial charge on any atom is -0.383 e. The second-order valence-electron chi connectivity index (χ2n) is 1.93. The number of anilines is 2. The number of nitrogen functional groups attached to an aromatic ring is 1. The molecular formula is C5H6ClN5O. The summed E-state index contributed by atoms with van der Waals surface area (Å²) in [5.74, 6) is 0.159. The predicted molar refractivity (Wildman–Crippen MR) is 44.7 cm³/mol. The molecule has 2 amide bonds. The van der Waals surface area contributed by atoms with Crippen molar-refractivity contribution in [3.63, 3.8) is 0 Å². The lowest BCUT2D eigenvalue weighted by Gasteiger charge is -2.00. The van der Waals surface area contributed by atoms with Crippen LogP contribution in [0.3, 0.4) is 0 Å². The first-order valence-electron chi connectivity index (χ1n) is 2.94. The third kappa shape index (κ3) is 2.24. The van der Waals surface area contributed by atoms with Crippen LogP contribution in [-0.4, -0.2) is 16.0 Å². The van der Waals surface area contributed by atoms with Crippen molar-refractivity contribution in [2.45, 2.75) is 0 Å². The minimum atomic E-state index is -0.767. The fourth-order valence-electron chi connectivity index (χ4n) is 0.601. The van der Waals surface area contributed by atoms with Crippen LogP contribution in [0.2, 0.25) is 5.15 Å². The largest absolute Gasteiger partial charge is 0.383 e. The fraction of sp³-hybridized carbons (Fsp3) is 0. The van der Waals surface area contributed by atoms with Crippen molar-refractivity contribution in [2.75, 3.05) is 11.1 Å². The Morgan fingerprint density at radius 3 is 2.75 bits per heavy atom. The topological polar surface area (TPSA) is 107 Å². The number of nitrogens with two attached hydrogens (primary N) is 2. The highest BCUT2D eigenvalue weighted by Gasteiger charge is 2.01. The van der Waals surface area contributed by atoms with E-state index in [0.717, 1.165) is 0 Å². The Kier molecular flexibility index (Phi) is 2.29. The molecule has 0 spiro atoms. The molecule has 0 fully saturated rings. The molecule has 0 aliphatic heterocycles. The third-order valence-corrected chi connectivity index (χ3v) is 1.14. The average Bonchev–Trinajstić information content (AvgIpc) is 1.81. The Morgan fingerprint density at radius 2 is 2.25 bits per heavy atom. The number of hydrogen-bond acceptors (Lipinski definition) is 4. The summed E-state index contributed by atoms with van der Waals surface area (Å²) in [6.07, 6.45) is 0. The van der Waals surface area contributed by atoms with E-state index in [1.165, 1.54) is 6.07 Å². The van der Waals surface area contributed by atoms with E-state index < -0.39 is 6.03 Å². The molecule has 1 rings (SSSR count). The summed E-state index contributed by atoms with van der Waals surface area (Å²) in [4.78, 5) is 17.6. The molecule has 0 unspecified atom stereocenters. The summed E-state index contributed by atoms with van der Waals surface area (Å²) in [5.41, 5.74) is 10.1. The van der Waals surface area contributed by atoms with Crippen LogP contribution < -0.4 is 16.8 Å². The van der Waals surface area contributed by atoms with Gasteiger partial charge in [-0.1, -0.05) is 11.6 Å². The number of halogens is 1. The zero-order valence-electron chi connectivity index (χ0n) is 5.91. The van der Waals surface area contributed by atoms with Gasteiger partial charge < -0.3 is 11.5 Å². The van der Waals surface area contributed by atoms with Gasteiger partial charge in [-0.25, -0.2) is 9.78 Å². The highest BCUT2D eigenvalue weighted by atomic mass is 35.5. The van der Waals surface area contributed by atoms with Gasteiger partial charge in [0, 0.05) is 6.07 Å². The number of carbonyl (C=O) groups excluding carboxylic acids is 1. The van der Waals surface area contributed by atoms with Crippen LogP contribution >= 0.6 is 11.6 Å². The molecule has 64 valence electrons. The maximum atomic E-state index is 10.3. The van der Waals surface area contributed by atoms with Gasteiger partial charge in [0.25, 0.3) is 0 Å². The van der Waals surface area contributed by atoms with E-state index in [4.69, 9.17) is 23.1 Å². The van der Waals surface area contributed by atoms with Crippen LogP contribution in [0.4, 0.5) is 16.6 Å². The van der Waals surface area contributed by atoms with Crippen molar-refractivity contribution in [3.05, 3.63) is 11.2 Å². The van der Waals surface area contributed by atoms with Crippen molar-refractivity contribution in [2.24, 2.45) is 5.73 Å². The molecule has 0 aromatic carbocycles. The standard InChI is InChI=1S/C5H6ClN5O/c6-2-1-3(7)10-5(9-2)11-4(8)12/h1H,(H5,7,8,9,10,11,12). The number of amides is 2. The molecule has 0 aliphatic carbocycles. The molecule has 0 radical (unpaired) electrons. The normalized spacial score (nSPS) is 9.42. The van der Waals surface area contributed by atoms with E-state index in [1.807, 2.05) is 0 Å². The van der Waals surface area contributed by atoms with Gasteiger partial charge in [0.1, 0.15) is 11.0 Å². The number of urea groups is 1. The van der Waals surface area contributed by atoms with Crippen molar-refractivity contribution in [1.82, 2.24) is 9.97 Å². The van der Waals surface area contributed by atoms with Crippen LogP contribution in [0, 0.1) is 0 Å². The number of nitrogens with zero attached hydrogens (tertiary/aromatic N) is 2. The number of rotatable bonds is 1. The summed E-state index contributed by atoms with van der Waals surface area (Å²) in [7, 11) is 0. The van der Waals surface area contributed by atoms with Crippen molar-refractivity contribution in [1.29, 1.82) is 0 Å². The highest BCUT2D eigenvalue weighted by molar-refractivity contribution is 6.29. The lowest BCUT2D eigenvalue weighted by molar-refractivity contribution is 0.259. The number of primary amides is 1. The molecule has 0 saturated carbocycles. The van der Waals surface area contributed by atoms with Crippen molar-refractivity contribution >= 4 is 29.4 Å². The Hall–Kier alpha value is -1.56. The Bertz CT molecular complexity index is 294. The Labute approximate surface area is 72.9 Å². The van der Waals surface area contributed by atoms with Crippen molar-refractivity contribution in [3.8, 4) is 0 Å². The first-order valence-corrected chi connectivity index (χ1v) is 3.32. The molecule has 7 heteroatoms. The van der Waals surface area contributed by atoms with E-state index >= 15 is 0 Å². The molecule has 0 atom stereocenters. The van der Waals surface area contributed by atoms with Gasteiger partial charge >= 0.3 is 6.03 Å². The van der Waals surface area contributed by atoms with E-state index in [9.17, 15) is 4.79 Å². The average molecular weight is 188 g/mol. The molecule has 6 nitrogen and oxygen atoms in total. The van der Waals surface area contributed by atoms with Gasteiger partial charge in [-0.15, -0.1) is 0 Å². The monoisotopic (exact) mass is 187 g/mol. The third-order valence-electron chi connectivity index (χ3n) is 0.950. The Morgan fingerprint density at radius 1 is 1.58 bits per heavy atom. The van der Waals surface area contributed by atoms with E-state index in [1.54, 1.807) is 0 Å². The van der Waals surface area contributed by atoms with Gasteiger partial charge in [-0.3, -0.25) is 5.32 Å². The van der Waals surface area contributed by atoms with E-state index in [2.05, 4.69) is 15.3 Å². The second-order valence-corrected chi connectivity index (χ2v) is 2.32. The van der Waals surface area contributed by atoms with Crippen LogP contribution in [-0.2, 0) is 0 Å². The fourth-order valence-corrected chi connectivity index (χ4v) is 0.793. The van der Waals surface area contributed by atoms with Crippen LogP contribution in [0.15, 0.2) is 6.07 Å². The molecule has 1 aromatic heterocycles. The molecule has 0 aliphatic rings. The van der Waals surface area contributed by atoms with Crippen LogP contribution in [0.25, 0.3) is 0 Å². The predicted octanol–water partition coefficient (Wildman–Crippen LogP) is 0.203. The minimum absolute atomic E-state index is 0.00694. The zero-order valence-corrected chi connectivity index (χ0v) is 6.67. The zero-order chi connectivity index (χ0) is 9.14. The summed E-state index contributed by atoms with van der Waals surface area (Å²) in [6.45, 7) is 0. The number of carbonyl (C=O) groups is 1. The number of aromatic nitrogens is 2. The van der Waals surface area contributed by atoms with E-state index in [0.29, 0.717) is 0 Å². The molecule has 0 saturated heterocycles. The van der Waals surface area contributed by atoms with Gasteiger partial charge in [0.15, 0.2) is 0 Å². The SMILES string of the molecule is NC(=O)Nc1nc(N)cc(Cl)n1. The summed E-state index contributed by atoms with van der Waals surface area (Å²) in [6, 6.07) is 0.588. The molecular weight excluding hydrogens is 182 g/mol. The maximum absolute atomic E-state index is 10.3. The number of hydrogen-bond donors (Lipinski definition) is 3. The lowest BCUT2D eigenvalue weighted by atomic mass is 10.6. The van der Waals surface area contributed by atoms with Crippen molar-refractivity contribution < 1.29 is 4.79 Å². The van der Waals surface area contributed by atoms with Gasteiger partial charge in [-0.05, 0) is 0 Å². The molecule has 1 aromatic rings. The van der Waals surface area contributed by atoms with Gasteiger partial charge in [0.05, 0.1) is 0 Å². The first kappa shape index (κ1) is 8.54. The summed E-state index contributed by atoms with van der Waals surface area (Å²) >= 11 is 5.51. The molecule has 5 N–H and O–H groups in total. The van der Waals surface area contributed by atoms with Gasteiger partial charge in [-0.2, -0.15) is 4.98 Å². The van der Waals surface area contributed by atoms with Crippen LogP contribution in [0.1, 0.15) is 0 Å². The number of nitrogens with one attached hydrogen (secondary N) is 1. The molecule has 12 heavy (non-hydrogen) atoms. The first-order chi connectivity index (χ1) is 5.58. The summed E-state index contributed by atoms with van der Waals surface area (Å²) < 4.78 is 0. The maximum Gasteiger partial charge on any atom is 0.319 e. The molecule has 1 heterocycles. The summed E-state index contributed by atoms with van der Waals surface area (Å²) in [5, 5.41) is 2.28. The van der Waals surface area contributed by atoms with E-state index in [-0.39, 0.29) is 16.9 Å². The quantitative estimate of drug-likeness (QED) is 0.546. The lowest BCUT2D eigenvalue weighted by Crippen LogP contribution is -2.21. The van der Waals surface area contributed by atoms with Gasteiger partial charge in [0.2, 0.25) is 5.95 Å². The van der Waals surface area contributed by atoms with Crippen LogP contribution in [0.5, 0.6) is 0 Å². The highest BCUT2D eigenvalue weighted by Crippen LogP contribution is 2.10.